The van der Waals surface area contributed by atoms with Crippen LogP contribution in [0.25, 0.3) is 0 Å². The van der Waals surface area contributed by atoms with Crippen molar-refractivity contribution in [3.8, 4) is 6.07 Å². The van der Waals surface area contributed by atoms with Gasteiger partial charge in [0.1, 0.15) is 8.87 Å². The van der Waals surface area contributed by atoms with Gasteiger partial charge in [0.05, 0.1) is 17.7 Å². The molecule has 6 aliphatic rings. The van der Waals surface area contributed by atoms with E-state index in [1.54, 1.807) is 4.90 Å². The monoisotopic (exact) mass is 318 g/mol. The lowest BCUT2D eigenvalue weighted by molar-refractivity contribution is -0.177. The zero-order valence-electron chi connectivity index (χ0n) is 16.3. The summed E-state index contributed by atoms with van der Waals surface area (Å²) in [6.45, 7) is 0. The predicted molar refractivity (Wildman–Crippen MR) is 82.8 cm³/mol. The molecule has 3 N–H and O–H groups in total. The molecule has 23 heavy (non-hydrogen) atoms. The van der Waals surface area contributed by atoms with Gasteiger partial charge in [0.2, 0.25) is 7.34 Å². The summed E-state index contributed by atoms with van der Waals surface area (Å²) in [5, 5.41) is 14.7. The lowest BCUT2D eigenvalue weighted by atomic mass is 9.46. The minimum absolute atomic E-state index is 0.130. The summed E-state index contributed by atoms with van der Waals surface area (Å²) in [6, 6.07) is 1.11. The van der Waals surface area contributed by atoms with Gasteiger partial charge in [-0.2, -0.15) is 5.26 Å². The van der Waals surface area contributed by atoms with E-state index in [1.807, 2.05) is 0 Å². The second-order valence-corrected chi connectivity index (χ2v) is 9.10. The van der Waals surface area contributed by atoms with Crippen molar-refractivity contribution in [1.29, 1.82) is 6.69 Å². The number of fused-ring (bicyclic) bond motifs is 1. The molecule has 1 aliphatic heterocycles. The Labute approximate surface area is 141 Å². The van der Waals surface area contributed by atoms with Gasteiger partial charge in [-0.15, -0.1) is 0 Å². The molecule has 0 spiro atoms. The van der Waals surface area contributed by atoms with Crippen LogP contribution in [0.4, 0.5) is 0 Å². The van der Waals surface area contributed by atoms with Crippen molar-refractivity contribution in [1.82, 2.24) is 4.90 Å². The van der Waals surface area contributed by atoms with E-state index >= 15 is 0 Å². The van der Waals surface area contributed by atoms with Crippen LogP contribution in [0.1, 0.15) is 51.4 Å². The summed E-state index contributed by atoms with van der Waals surface area (Å²) in [6.07, 6.45) is 6.76. The molecule has 2 unspecified atom stereocenters. The highest BCUT2D eigenvalue weighted by Gasteiger charge is 2.62. The van der Waals surface area contributed by atoms with Gasteiger partial charge in [-0.25, -0.2) is 0 Å². The number of hydrogen-bond donors (Lipinski definition) is 2. The summed E-state index contributed by atoms with van der Waals surface area (Å²) in [5.41, 5.74) is -0.393. The Bertz CT molecular complexity index is 667. The van der Waals surface area contributed by atoms with Crippen LogP contribution in [0.15, 0.2) is 0 Å². The van der Waals surface area contributed by atoms with Crippen molar-refractivity contribution in [2.75, 3.05) is 0 Å². The zero-order chi connectivity index (χ0) is 18.3. The van der Waals surface area contributed by atoms with Gasteiger partial charge in [-0.1, -0.05) is 0 Å². The predicted octanol–water partition coefficient (Wildman–Crippen LogP) is 1.16. The normalized spacial score (nSPS) is 55.7. The summed E-state index contributed by atoms with van der Waals surface area (Å²) >= 11 is 0. The van der Waals surface area contributed by atoms with Crippen molar-refractivity contribution >= 4 is 5.91 Å². The van der Waals surface area contributed by atoms with Crippen molar-refractivity contribution in [3.63, 3.8) is 0 Å². The van der Waals surface area contributed by atoms with Crippen LogP contribution in [0.5, 0.6) is 0 Å². The fraction of sp³-hybridized carbons (Fsp3) is 0.889. The third-order valence-electron chi connectivity index (χ3n) is 7.37. The van der Waals surface area contributed by atoms with Crippen LogP contribution >= 0.6 is 0 Å². The Kier molecular flexibility index (Phi) is 2.13. The van der Waals surface area contributed by atoms with Crippen LogP contribution in [0, 0.1) is 34.5 Å². The van der Waals surface area contributed by atoms with Gasteiger partial charge in [0.25, 0.3) is 0 Å². The number of carbonyl (C=O) groups is 1. The van der Waals surface area contributed by atoms with Gasteiger partial charge in [0.15, 0.2) is 0 Å². The van der Waals surface area contributed by atoms with Crippen molar-refractivity contribution in [2.24, 2.45) is 28.9 Å². The van der Waals surface area contributed by atoms with E-state index in [9.17, 15) is 10.1 Å². The molecule has 124 valence electrons. The average molecular weight is 318 g/mol. The molecule has 0 aromatic rings. The molecule has 5 nitrogen and oxygen atoms in total. The number of piperidine rings is 1. The molecular weight excluding hydrogens is 290 g/mol. The summed E-state index contributed by atoms with van der Waals surface area (Å²) < 4.78 is 23.8. The minimum Gasteiger partial charge on any atom is -0.390 e. The molecule has 1 saturated heterocycles. The number of nitrogens with zero attached hydrogens (tertiary/aromatic N) is 2. The second kappa shape index (κ2) is 4.29. The fourth-order valence-corrected chi connectivity index (χ4v) is 6.86. The topological polar surface area (TPSA) is 90.3 Å². The molecule has 5 saturated carbocycles. The third-order valence-corrected chi connectivity index (χ3v) is 7.37. The first-order chi connectivity index (χ1) is 12.4. The number of hydrogen-bond acceptors (Lipinski definition) is 4. The Morgan fingerprint density at radius 3 is 2.78 bits per heavy atom. The number of nitriles is 1. The maximum absolute atomic E-state index is 13.5. The summed E-state index contributed by atoms with van der Waals surface area (Å²) in [4.78, 5) is 15.2. The number of nitrogens with two attached hydrogens (primary N) is 1. The lowest BCUT2D eigenvalue weighted by Gasteiger charge is -2.61. The molecule has 6 fully saturated rings. The third kappa shape index (κ3) is 1.88. The summed E-state index contributed by atoms with van der Waals surface area (Å²) in [7, 11) is 0. The maximum atomic E-state index is 13.5. The minimum atomic E-state index is -0.863. The second-order valence-electron chi connectivity index (χ2n) is 9.10. The first-order valence-corrected chi connectivity index (χ1v) is 9.03. The van der Waals surface area contributed by atoms with Gasteiger partial charge in [-0.05, 0) is 74.5 Å². The standard InChI is InChI=1S/C18H25N3O2/c19-8-13-2-12-3-14(12)21(13)16(22)15(20)17-4-10-1-11(5-17)7-18(23,6-10)9-17/h10-15,23H,1-7,9,20H2/t10?,11?,12-,13-,14+,15+,17?,18?/m1/s1/i23D/hD2. The molecular formula is C18H25N3O2. The average Bonchev–Trinajstić information content (AvgIpc) is 3.22. The number of carbonyl (C=O) groups excluding carboxylic acids is 1. The SMILES string of the molecule is [2H]OC12CC3CC(C1)CC([C@H](C(=O)N1[C@@H](C#N)C[C@@H]4C[C@@H]41)N([2H])[2H])(C3)C2. The molecule has 5 aliphatic carbocycles. The van der Waals surface area contributed by atoms with E-state index < -0.39 is 23.1 Å². The van der Waals surface area contributed by atoms with E-state index in [0.29, 0.717) is 29.9 Å². The van der Waals surface area contributed by atoms with Gasteiger partial charge < -0.3 is 15.7 Å². The molecule has 1 heterocycles. The molecule has 4 bridgehead atoms. The summed E-state index contributed by atoms with van der Waals surface area (Å²) in [5.74, 6) is 1.04. The highest BCUT2D eigenvalue weighted by atomic mass is 16.3. The van der Waals surface area contributed by atoms with Crippen LogP contribution in [0.2, 0.25) is 2.82 Å². The van der Waals surface area contributed by atoms with Crippen LogP contribution < -0.4 is 5.72 Å². The van der Waals surface area contributed by atoms with Crippen molar-refractivity contribution < 1.29 is 12.7 Å². The van der Waals surface area contributed by atoms with E-state index in [1.165, 1.54) is 0 Å². The van der Waals surface area contributed by atoms with Crippen LogP contribution in [-0.2, 0) is 4.79 Å². The number of amides is 1. The Balaban J connectivity index is 1.50. The van der Waals surface area contributed by atoms with Gasteiger partial charge in [-0.3, -0.25) is 4.79 Å². The van der Waals surface area contributed by atoms with Gasteiger partial charge >= 0.3 is 0 Å². The molecule has 0 aromatic carbocycles. The molecule has 5 heteroatoms. The largest absolute Gasteiger partial charge is 0.390 e. The first kappa shape index (κ1) is 11.4. The smallest absolute Gasteiger partial charge is 0.241 e. The number of aliphatic hydroxyl groups is 1. The quantitative estimate of drug-likeness (QED) is 0.814. The first-order valence-electron chi connectivity index (χ1n) is 10.3. The van der Waals surface area contributed by atoms with Crippen molar-refractivity contribution in [3.05, 3.63) is 0 Å². The zero-order valence-corrected chi connectivity index (χ0v) is 13.3. The Morgan fingerprint density at radius 1 is 1.35 bits per heavy atom. The highest BCUT2D eigenvalue weighted by molar-refractivity contribution is 5.84. The van der Waals surface area contributed by atoms with Crippen molar-refractivity contribution in [2.45, 2.75) is 75.1 Å². The molecule has 6 atom stereocenters. The van der Waals surface area contributed by atoms with E-state index in [4.69, 9.17) is 9.36 Å². The molecule has 0 radical (unpaired) electrons. The fourth-order valence-electron chi connectivity index (χ4n) is 6.86. The van der Waals surface area contributed by atoms with Crippen LogP contribution in [-0.4, -0.2) is 41.1 Å². The van der Waals surface area contributed by atoms with Gasteiger partial charge in [0, 0.05) is 6.04 Å². The van der Waals surface area contributed by atoms with Crippen LogP contribution in [0.3, 0.4) is 0 Å². The molecule has 0 aromatic heterocycles. The maximum Gasteiger partial charge on any atom is 0.241 e. The Morgan fingerprint density at radius 2 is 2.13 bits per heavy atom. The lowest BCUT2D eigenvalue weighted by Crippen LogP contribution is -2.64. The van der Waals surface area contributed by atoms with E-state index in [2.05, 4.69) is 6.07 Å². The van der Waals surface area contributed by atoms with E-state index in [0.717, 1.165) is 44.9 Å². The molecule has 1 amide bonds. The number of rotatable bonds is 4. The Hall–Kier alpha value is -1.12. The molecule has 6 rings (SSSR count). The number of likely N-dealkylation sites (tertiary alicyclic amines) is 1. The van der Waals surface area contributed by atoms with E-state index in [-0.39, 0.29) is 11.9 Å². The highest BCUT2D eigenvalue weighted by Crippen LogP contribution is 2.63.